The van der Waals surface area contributed by atoms with Gasteiger partial charge in [-0.2, -0.15) is 0 Å². The van der Waals surface area contributed by atoms with Gasteiger partial charge in [0.15, 0.2) is 17.2 Å². The molecule has 3 nitrogen and oxygen atoms in total. The van der Waals surface area contributed by atoms with Gasteiger partial charge in [-0.25, -0.2) is 0 Å². The lowest BCUT2D eigenvalue weighted by Gasteiger charge is -2.14. The van der Waals surface area contributed by atoms with Crippen LogP contribution < -0.4 is 9.47 Å². The fraction of sp³-hybridized carbons (Fsp3) is 0.250. The molecule has 6 heteroatoms. The highest BCUT2D eigenvalue weighted by Gasteiger charge is 2.13. The minimum Gasteiger partial charge on any atom is -0.504 e. The molecule has 1 unspecified atom stereocenters. The van der Waals surface area contributed by atoms with Crippen LogP contribution in [-0.4, -0.2) is 11.5 Å². The lowest BCUT2D eigenvalue weighted by Crippen LogP contribution is -1.96. The molecule has 0 aliphatic rings. The number of phenols is 1. The smallest absolute Gasteiger partial charge is 0.169 e. The zero-order valence-electron chi connectivity index (χ0n) is 12.3. The van der Waals surface area contributed by atoms with Crippen molar-refractivity contribution in [3.05, 3.63) is 43.0 Å². The van der Waals surface area contributed by atoms with Gasteiger partial charge < -0.3 is 14.6 Å². The van der Waals surface area contributed by atoms with Crippen LogP contribution in [0.1, 0.15) is 25.3 Å². The summed E-state index contributed by atoms with van der Waals surface area (Å²) in [5.41, 5.74) is 1.08. The van der Waals surface area contributed by atoms with Crippen LogP contribution in [0.4, 0.5) is 0 Å². The van der Waals surface area contributed by atoms with Crippen molar-refractivity contribution in [2.75, 3.05) is 6.35 Å². The third kappa shape index (κ3) is 4.38. The fourth-order valence-corrected chi connectivity index (χ4v) is 4.03. The van der Waals surface area contributed by atoms with E-state index in [-0.39, 0.29) is 5.75 Å². The average Bonchev–Trinajstić information content (AvgIpc) is 2.44. The largest absolute Gasteiger partial charge is 0.504 e. The molecule has 0 aromatic heterocycles. The average molecular weight is 542 g/mol. The number of phenolic OH excluding ortho intramolecular Hbond substituents is 1. The van der Waals surface area contributed by atoms with E-state index >= 15 is 0 Å². The zero-order chi connectivity index (χ0) is 16.3. The molecule has 0 radical (unpaired) electrons. The molecule has 1 N–H and O–H groups in total. The highest BCUT2D eigenvalue weighted by atomic mass is 127. The summed E-state index contributed by atoms with van der Waals surface area (Å²) >= 11 is 4.42. The summed E-state index contributed by atoms with van der Waals surface area (Å²) in [4.78, 5) is 0. The first-order valence-corrected chi connectivity index (χ1v) is 9.72. The minimum absolute atomic E-state index is 0.156. The number of hydrogen-bond donors (Lipinski definition) is 1. The Morgan fingerprint density at radius 1 is 1.14 bits per heavy atom. The van der Waals surface area contributed by atoms with Crippen molar-refractivity contribution in [3.63, 3.8) is 0 Å². The maximum Gasteiger partial charge on any atom is 0.169 e. The molecule has 2 aromatic rings. The summed E-state index contributed by atoms with van der Waals surface area (Å²) in [6, 6.07) is 9.38. The summed E-state index contributed by atoms with van der Waals surface area (Å²) in [6.45, 7) is 4.18. The molecule has 2 rings (SSSR count). The third-order valence-electron chi connectivity index (χ3n) is 3.08. The Labute approximate surface area is 160 Å². The normalized spacial score (nSPS) is 10.8. The Bertz CT molecular complexity index is 651. The maximum atomic E-state index is 10.2. The maximum absolute atomic E-state index is 10.2. The third-order valence-corrected chi connectivity index (χ3v) is 4.85. The lowest BCUT2D eigenvalue weighted by atomic mass is 10.0. The molecule has 22 heavy (non-hydrogen) atoms. The van der Waals surface area contributed by atoms with E-state index in [9.17, 15) is 5.11 Å². The van der Waals surface area contributed by atoms with E-state index < -0.39 is 0 Å². The van der Waals surface area contributed by atoms with Gasteiger partial charge in [-0.1, -0.05) is 29.2 Å². The summed E-state index contributed by atoms with van der Waals surface area (Å²) in [7, 11) is 2.53. The van der Waals surface area contributed by atoms with Gasteiger partial charge in [-0.05, 0) is 80.9 Å². The minimum atomic E-state index is 0.156. The van der Waals surface area contributed by atoms with E-state index in [0.29, 0.717) is 18.0 Å². The van der Waals surface area contributed by atoms with Gasteiger partial charge in [0, 0.05) is 0 Å². The van der Waals surface area contributed by atoms with E-state index in [4.69, 9.17) is 9.47 Å². The number of aromatic hydroxyl groups is 1. The van der Waals surface area contributed by atoms with E-state index in [1.807, 2.05) is 24.3 Å². The van der Waals surface area contributed by atoms with Crippen molar-refractivity contribution >= 4 is 54.4 Å². The Kier molecular flexibility index (Phi) is 6.58. The quantitative estimate of drug-likeness (QED) is 0.388. The van der Waals surface area contributed by atoms with Gasteiger partial charge >= 0.3 is 0 Å². The summed E-state index contributed by atoms with van der Waals surface area (Å²) in [5, 5.41) is 10.2. The molecular formula is C16H17I2O3P. The second-order valence-corrected chi connectivity index (χ2v) is 7.67. The van der Waals surface area contributed by atoms with E-state index in [2.05, 4.69) is 68.3 Å². The molecular weight excluding hydrogens is 525 g/mol. The van der Waals surface area contributed by atoms with Gasteiger partial charge in [0.25, 0.3) is 0 Å². The SMILES string of the molecule is CC(C)c1ccc(Oc2c(I)cc(OCP)cc2I)c(O)c1. The molecule has 0 aliphatic carbocycles. The van der Waals surface area contributed by atoms with Gasteiger partial charge in [0.2, 0.25) is 0 Å². The van der Waals surface area contributed by atoms with Crippen LogP contribution in [0.25, 0.3) is 0 Å². The van der Waals surface area contributed by atoms with Gasteiger partial charge in [-0.3, -0.25) is 0 Å². The molecule has 0 fully saturated rings. The first-order chi connectivity index (χ1) is 10.4. The van der Waals surface area contributed by atoms with Gasteiger partial charge in [0.05, 0.1) is 7.14 Å². The second kappa shape index (κ2) is 8.02. The molecule has 0 saturated carbocycles. The highest BCUT2D eigenvalue weighted by Crippen LogP contribution is 2.39. The van der Waals surface area contributed by atoms with Crippen molar-refractivity contribution < 1.29 is 14.6 Å². The van der Waals surface area contributed by atoms with Gasteiger partial charge in [0.1, 0.15) is 12.1 Å². The van der Waals surface area contributed by atoms with Crippen molar-refractivity contribution in [3.8, 4) is 23.0 Å². The van der Waals surface area contributed by atoms with E-state index in [0.717, 1.165) is 24.2 Å². The molecule has 0 bridgehead atoms. The first kappa shape index (κ1) is 18.1. The van der Waals surface area contributed by atoms with Crippen molar-refractivity contribution in [1.82, 2.24) is 0 Å². The molecule has 1 atom stereocenters. The zero-order valence-corrected chi connectivity index (χ0v) is 17.7. The van der Waals surface area contributed by atoms with E-state index in [1.54, 1.807) is 6.07 Å². The van der Waals surface area contributed by atoms with Crippen LogP contribution in [0.5, 0.6) is 23.0 Å². The van der Waals surface area contributed by atoms with Gasteiger partial charge in [-0.15, -0.1) is 0 Å². The second-order valence-electron chi connectivity index (χ2n) is 5.01. The number of ether oxygens (including phenoxy) is 2. The van der Waals surface area contributed by atoms with Crippen LogP contribution in [-0.2, 0) is 0 Å². The number of halogens is 2. The molecule has 118 valence electrons. The molecule has 2 aromatic carbocycles. The number of benzene rings is 2. The Morgan fingerprint density at radius 2 is 1.77 bits per heavy atom. The number of hydrogen-bond acceptors (Lipinski definition) is 3. The molecule has 0 saturated heterocycles. The van der Waals surface area contributed by atoms with Crippen LogP contribution >= 0.6 is 54.4 Å². The van der Waals surface area contributed by atoms with Crippen molar-refractivity contribution in [1.29, 1.82) is 0 Å². The van der Waals surface area contributed by atoms with E-state index in [1.165, 1.54) is 0 Å². The summed E-state index contributed by atoms with van der Waals surface area (Å²) in [6.07, 6.45) is 0.545. The summed E-state index contributed by atoms with van der Waals surface area (Å²) < 4.78 is 13.3. The fourth-order valence-electron chi connectivity index (χ4n) is 1.90. The standard InChI is InChI=1S/C16H17I2O3P/c1-9(2)10-3-4-15(14(19)5-10)21-16-12(17)6-11(20-8-22)7-13(16)18/h3-7,9,19H,8,22H2,1-2H3. The molecule has 0 spiro atoms. The molecule has 0 aliphatic heterocycles. The molecule has 0 heterocycles. The Morgan fingerprint density at radius 3 is 2.27 bits per heavy atom. The van der Waals surface area contributed by atoms with Crippen LogP contribution in [0.3, 0.4) is 0 Å². The lowest BCUT2D eigenvalue weighted by molar-refractivity contribution is 0.387. The Hall–Kier alpha value is -0.270. The van der Waals surface area contributed by atoms with Crippen LogP contribution in [0, 0.1) is 7.14 Å². The van der Waals surface area contributed by atoms with Crippen molar-refractivity contribution in [2.45, 2.75) is 19.8 Å². The van der Waals surface area contributed by atoms with Crippen molar-refractivity contribution in [2.24, 2.45) is 0 Å². The topological polar surface area (TPSA) is 38.7 Å². The summed E-state index contributed by atoms with van der Waals surface area (Å²) in [5.74, 6) is 2.51. The molecule has 0 amide bonds. The van der Waals surface area contributed by atoms with Crippen LogP contribution in [0.2, 0.25) is 0 Å². The predicted octanol–water partition coefficient (Wildman–Crippen LogP) is 5.73. The predicted molar refractivity (Wildman–Crippen MR) is 109 cm³/mol. The monoisotopic (exact) mass is 542 g/mol. The van der Waals surface area contributed by atoms with Crippen LogP contribution in [0.15, 0.2) is 30.3 Å². The number of rotatable bonds is 5. The Balaban J connectivity index is 2.31. The first-order valence-electron chi connectivity index (χ1n) is 6.75. The highest BCUT2D eigenvalue weighted by molar-refractivity contribution is 14.1.